The molecule has 5 nitrogen and oxygen atoms in total. The molecule has 2 heterocycles. The molecule has 2 rings (SSSR count). The smallest absolute Gasteiger partial charge is 0.186 e. The number of rotatable bonds is 4. The Balaban J connectivity index is 2.27. The lowest BCUT2D eigenvalue weighted by Gasteiger charge is -2.17. The van der Waals surface area contributed by atoms with Crippen LogP contribution < -0.4 is 4.90 Å². The zero-order valence-electron chi connectivity index (χ0n) is 12.7. The summed E-state index contributed by atoms with van der Waals surface area (Å²) in [7, 11) is 3.39. The Morgan fingerprint density at radius 2 is 1.80 bits per heavy atom. The van der Waals surface area contributed by atoms with Gasteiger partial charge in [-0.25, -0.2) is 4.98 Å². The Hall–Kier alpha value is -0.980. The first-order chi connectivity index (χ1) is 9.40. The van der Waals surface area contributed by atoms with Crippen LogP contribution in [0.1, 0.15) is 36.1 Å². The third-order valence-electron chi connectivity index (χ3n) is 3.55. The fraction of sp³-hybridized carbons (Fsp3) is 0.714. The van der Waals surface area contributed by atoms with Crippen LogP contribution >= 0.6 is 11.3 Å². The van der Waals surface area contributed by atoms with Crippen molar-refractivity contribution < 1.29 is 14.3 Å². The first-order valence-corrected chi connectivity index (χ1v) is 7.49. The van der Waals surface area contributed by atoms with Gasteiger partial charge in [0.1, 0.15) is 12.2 Å². The van der Waals surface area contributed by atoms with Gasteiger partial charge in [0.25, 0.3) is 0 Å². The van der Waals surface area contributed by atoms with E-state index < -0.39 is 0 Å². The number of aromatic nitrogens is 1. The standard InChI is InChI=1S/C14H22N2O3S/c1-14(2,3)12-11(8-17)20-13(15-12)16-6-9(18-4)10(7-16)19-5/h8-10H,6-7H2,1-5H3. The maximum atomic E-state index is 11.2. The minimum absolute atomic E-state index is 0.0432. The van der Waals surface area contributed by atoms with Crippen LogP contribution in [0.4, 0.5) is 5.13 Å². The number of carbonyl (C=O) groups excluding carboxylic acids is 1. The predicted molar refractivity (Wildman–Crippen MR) is 80.0 cm³/mol. The van der Waals surface area contributed by atoms with E-state index in [0.717, 1.165) is 30.2 Å². The molecule has 0 N–H and O–H groups in total. The molecular weight excluding hydrogens is 276 g/mol. The van der Waals surface area contributed by atoms with Gasteiger partial charge in [-0.2, -0.15) is 0 Å². The van der Waals surface area contributed by atoms with Crippen molar-refractivity contribution >= 4 is 22.8 Å². The Kier molecular flexibility index (Phi) is 4.46. The van der Waals surface area contributed by atoms with E-state index in [1.165, 1.54) is 11.3 Å². The monoisotopic (exact) mass is 298 g/mol. The van der Waals surface area contributed by atoms with Crippen molar-refractivity contribution in [3.8, 4) is 0 Å². The molecule has 1 saturated heterocycles. The molecule has 112 valence electrons. The minimum atomic E-state index is -0.133. The number of aldehydes is 1. The van der Waals surface area contributed by atoms with Crippen LogP contribution in [0.25, 0.3) is 0 Å². The van der Waals surface area contributed by atoms with E-state index in [-0.39, 0.29) is 17.6 Å². The Labute approximate surface area is 123 Å². The summed E-state index contributed by atoms with van der Waals surface area (Å²) in [6, 6.07) is 0. The maximum absolute atomic E-state index is 11.2. The van der Waals surface area contributed by atoms with Crippen LogP contribution in [-0.4, -0.2) is 50.8 Å². The second kappa shape index (κ2) is 5.79. The molecular formula is C14H22N2O3S. The van der Waals surface area contributed by atoms with Crippen LogP contribution in [0.15, 0.2) is 0 Å². The molecule has 0 saturated carbocycles. The van der Waals surface area contributed by atoms with Crippen molar-refractivity contribution in [3.63, 3.8) is 0 Å². The number of nitrogens with zero attached hydrogens (tertiary/aromatic N) is 2. The molecule has 0 radical (unpaired) electrons. The van der Waals surface area contributed by atoms with Crippen molar-refractivity contribution in [1.82, 2.24) is 4.98 Å². The molecule has 0 amide bonds. The summed E-state index contributed by atoms with van der Waals surface area (Å²) < 4.78 is 10.9. The van der Waals surface area contributed by atoms with Crippen LogP contribution in [0, 0.1) is 0 Å². The first-order valence-electron chi connectivity index (χ1n) is 6.67. The highest BCUT2D eigenvalue weighted by Crippen LogP contribution is 2.34. The number of carbonyl (C=O) groups is 1. The minimum Gasteiger partial charge on any atom is -0.377 e. The molecule has 0 aromatic carbocycles. The summed E-state index contributed by atoms with van der Waals surface area (Å²) in [4.78, 5) is 18.8. The highest BCUT2D eigenvalue weighted by molar-refractivity contribution is 7.17. The Morgan fingerprint density at radius 1 is 1.25 bits per heavy atom. The van der Waals surface area contributed by atoms with Gasteiger partial charge in [-0.1, -0.05) is 32.1 Å². The second-order valence-corrected chi connectivity index (χ2v) is 7.04. The van der Waals surface area contributed by atoms with Gasteiger partial charge in [0.05, 0.1) is 10.6 Å². The van der Waals surface area contributed by atoms with E-state index in [1.807, 2.05) is 0 Å². The fourth-order valence-electron chi connectivity index (χ4n) is 2.43. The number of ether oxygens (including phenoxy) is 2. The molecule has 0 spiro atoms. The number of anilines is 1. The van der Waals surface area contributed by atoms with Crippen molar-refractivity contribution in [3.05, 3.63) is 10.6 Å². The molecule has 0 bridgehead atoms. The largest absolute Gasteiger partial charge is 0.377 e. The zero-order chi connectivity index (χ0) is 14.9. The molecule has 0 aliphatic carbocycles. The molecule has 6 heteroatoms. The molecule has 2 unspecified atom stereocenters. The van der Waals surface area contributed by atoms with Crippen LogP contribution in [0.3, 0.4) is 0 Å². The molecule has 20 heavy (non-hydrogen) atoms. The predicted octanol–water partition coefficient (Wildman–Crippen LogP) is 2.10. The molecule has 1 aromatic heterocycles. The summed E-state index contributed by atoms with van der Waals surface area (Å²) in [5.74, 6) is 0. The number of hydrogen-bond donors (Lipinski definition) is 0. The Morgan fingerprint density at radius 3 is 2.15 bits per heavy atom. The van der Waals surface area contributed by atoms with E-state index in [4.69, 9.17) is 9.47 Å². The lowest BCUT2D eigenvalue weighted by Crippen LogP contribution is -2.27. The average Bonchev–Trinajstić information content (AvgIpc) is 3.00. The summed E-state index contributed by atoms with van der Waals surface area (Å²) in [6.45, 7) is 7.69. The molecule has 1 aromatic rings. The topological polar surface area (TPSA) is 51.7 Å². The quantitative estimate of drug-likeness (QED) is 0.797. The normalized spacial score (nSPS) is 23.4. The third kappa shape index (κ3) is 2.87. The summed E-state index contributed by atoms with van der Waals surface area (Å²) >= 11 is 1.44. The molecule has 1 fully saturated rings. The van der Waals surface area contributed by atoms with Crippen molar-refractivity contribution in [1.29, 1.82) is 0 Å². The lowest BCUT2D eigenvalue weighted by atomic mass is 9.91. The van der Waals surface area contributed by atoms with Gasteiger partial charge in [-0.05, 0) is 0 Å². The van der Waals surface area contributed by atoms with Gasteiger partial charge in [-0.15, -0.1) is 0 Å². The van der Waals surface area contributed by atoms with E-state index in [1.54, 1.807) is 14.2 Å². The number of hydrogen-bond acceptors (Lipinski definition) is 6. The second-order valence-electron chi connectivity index (χ2n) is 6.03. The highest BCUT2D eigenvalue weighted by atomic mass is 32.1. The van der Waals surface area contributed by atoms with Gasteiger partial charge in [0.2, 0.25) is 0 Å². The summed E-state index contributed by atoms with van der Waals surface area (Å²) in [6.07, 6.45) is 0.989. The number of thiazole rings is 1. The van der Waals surface area contributed by atoms with Crippen LogP contribution in [0.2, 0.25) is 0 Å². The van der Waals surface area contributed by atoms with E-state index >= 15 is 0 Å². The van der Waals surface area contributed by atoms with Gasteiger partial charge in [-0.3, -0.25) is 4.79 Å². The highest BCUT2D eigenvalue weighted by Gasteiger charge is 2.35. The van der Waals surface area contributed by atoms with Crippen molar-refractivity contribution in [2.45, 2.75) is 38.4 Å². The maximum Gasteiger partial charge on any atom is 0.186 e. The van der Waals surface area contributed by atoms with E-state index in [2.05, 4.69) is 30.7 Å². The molecule has 2 atom stereocenters. The number of methoxy groups -OCH3 is 2. The first kappa shape index (κ1) is 15.4. The third-order valence-corrected chi connectivity index (χ3v) is 4.59. The molecule has 1 aliphatic heterocycles. The van der Waals surface area contributed by atoms with Crippen molar-refractivity contribution in [2.75, 3.05) is 32.2 Å². The summed E-state index contributed by atoms with van der Waals surface area (Å²) in [5.41, 5.74) is 0.730. The summed E-state index contributed by atoms with van der Waals surface area (Å²) in [5, 5.41) is 0.874. The van der Waals surface area contributed by atoms with Gasteiger partial charge in [0, 0.05) is 32.7 Å². The SMILES string of the molecule is COC1CN(c2nc(C(C)(C)C)c(C=O)s2)CC1OC. The van der Waals surface area contributed by atoms with Gasteiger partial charge < -0.3 is 14.4 Å². The van der Waals surface area contributed by atoms with E-state index in [0.29, 0.717) is 4.88 Å². The van der Waals surface area contributed by atoms with Gasteiger partial charge in [0.15, 0.2) is 11.4 Å². The molecule has 1 aliphatic rings. The van der Waals surface area contributed by atoms with E-state index in [9.17, 15) is 4.79 Å². The zero-order valence-corrected chi connectivity index (χ0v) is 13.5. The Bertz CT molecular complexity index is 469. The van der Waals surface area contributed by atoms with Gasteiger partial charge >= 0.3 is 0 Å². The van der Waals surface area contributed by atoms with Crippen molar-refractivity contribution in [2.24, 2.45) is 0 Å². The average molecular weight is 298 g/mol. The lowest BCUT2D eigenvalue weighted by molar-refractivity contribution is -0.00461. The fourth-order valence-corrected chi connectivity index (χ4v) is 3.53. The van der Waals surface area contributed by atoms with Crippen LogP contribution in [0.5, 0.6) is 0 Å². The van der Waals surface area contributed by atoms with Crippen LogP contribution in [-0.2, 0) is 14.9 Å².